The molecule has 0 aromatic carbocycles. The van der Waals surface area contributed by atoms with Crippen LogP contribution in [0.5, 0.6) is 0 Å². The van der Waals surface area contributed by atoms with Crippen LogP contribution in [0, 0.1) is 0 Å². The number of carbonyl (C=O) groups excluding carboxylic acids is 1. The Morgan fingerprint density at radius 1 is 1.08 bits per heavy atom. The largest absolute Gasteiger partial charge is 0.338 e. The zero-order valence-electron chi connectivity index (χ0n) is 12.8. The summed E-state index contributed by atoms with van der Waals surface area (Å²) < 4.78 is 0. The molecule has 0 saturated heterocycles. The van der Waals surface area contributed by atoms with Crippen LogP contribution in [0.25, 0.3) is 0 Å². The van der Waals surface area contributed by atoms with Crippen molar-refractivity contribution in [2.24, 2.45) is 0 Å². The molecule has 122 valence electrons. The SMILES string of the molecule is O=C(NCCc1cccs1)Nc1ccnc(Sc2ccccn2)c1. The van der Waals surface area contributed by atoms with Gasteiger partial charge in [-0.05, 0) is 42.1 Å². The van der Waals surface area contributed by atoms with Gasteiger partial charge < -0.3 is 10.6 Å². The second-order valence-electron chi connectivity index (χ2n) is 4.86. The number of rotatable bonds is 6. The number of nitrogens with zero attached hydrogens (tertiary/aromatic N) is 2. The van der Waals surface area contributed by atoms with Crippen molar-refractivity contribution in [2.45, 2.75) is 16.5 Å². The van der Waals surface area contributed by atoms with Crippen LogP contribution in [-0.2, 0) is 6.42 Å². The summed E-state index contributed by atoms with van der Waals surface area (Å²) in [6.07, 6.45) is 4.25. The molecule has 3 heterocycles. The summed E-state index contributed by atoms with van der Waals surface area (Å²) in [4.78, 5) is 21.8. The lowest BCUT2D eigenvalue weighted by Crippen LogP contribution is -2.30. The van der Waals surface area contributed by atoms with Crippen LogP contribution in [0.2, 0.25) is 0 Å². The highest BCUT2D eigenvalue weighted by Crippen LogP contribution is 2.25. The number of nitrogens with one attached hydrogen (secondary N) is 2. The molecule has 3 aromatic heterocycles. The molecule has 0 saturated carbocycles. The van der Waals surface area contributed by atoms with E-state index >= 15 is 0 Å². The van der Waals surface area contributed by atoms with Crippen molar-refractivity contribution >= 4 is 34.8 Å². The van der Waals surface area contributed by atoms with E-state index in [1.807, 2.05) is 35.7 Å². The van der Waals surface area contributed by atoms with Gasteiger partial charge in [-0.3, -0.25) is 0 Å². The molecule has 2 amide bonds. The standard InChI is InChI=1S/C17H16N4OS2/c22-17(20-10-7-14-4-3-11-23-14)21-13-6-9-19-16(12-13)24-15-5-1-2-8-18-15/h1-6,8-9,11-12H,7,10H2,(H2,19,20,21,22). The molecule has 7 heteroatoms. The quantitative estimate of drug-likeness (QED) is 0.699. The van der Waals surface area contributed by atoms with Crippen molar-refractivity contribution < 1.29 is 4.79 Å². The molecule has 0 fully saturated rings. The molecule has 5 nitrogen and oxygen atoms in total. The van der Waals surface area contributed by atoms with Crippen LogP contribution < -0.4 is 10.6 Å². The van der Waals surface area contributed by atoms with Crippen LogP contribution >= 0.6 is 23.1 Å². The van der Waals surface area contributed by atoms with E-state index in [4.69, 9.17) is 0 Å². The number of hydrogen-bond acceptors (Lipinski definition) is 5. The van der Waals surface area contributed by atoms with Crippen LogP contribution in [0.15, 0.2) is 70.3 Å². The van der Waals surface area contributed by atoms with Gasteiger partial charge in [-0.15, -0.1) is 11.3 Å². The highest BCUT2D eigenvalue weighted by molar-refractivity contribution is 7.99. The second kappa shape index (κ2) is 8.47. The summed E-state index contributed by atoms with van der Waals surface area (Å²) in [7, 11) is 0. The third-order valence-electron chi connectivity index (χ3n) is 3.08. The Bertz CT molecular complexity index is 778. The van der Waals surface area contributed by atoms with Crippen LogP contribution in [0.1, 0.15) is 4.88 Å². The summed E-state index contributed by atoms with van der Waals surface area (Å²) in [6.45, 7) is 0.604. The number of hydrogen-bond donors (Lipinski definition) is 2. The molecule has 0 aliphatic heterocycles. The van der Waals surface area contributed by atoms with E-state index in [0.29, 0.717) is 12.2 Å². The molecule has 24 heavy (non-hydrogen) atoms. The molecule has 0 unspecified atom stereocenters. The third-order valence-corrected chi connectivity index (χ3v) is 4.90. The number of pyridine rings is 2. The van der Waals surface area contributed by atoms with Gasteiger partial charge in [0.2, 0.25) is 0 Å². The van der Waals surface area contributed by atoms with Crippen molar-refractivity contribution in [3.8, 4) is 0 Å². The zero-order chi connectivity index (χ0) is 16.6. The predicted molar refractivity (Wildman–Crippen MR) is 97.6 cm³/mol. The highest BCUT2D eigenvalue weighted by atomic mass is 32.2. The average Bonchev–Trinajstić information content (AvgIpc) is 3.09. The topological polar surface area (TPSA) is 66.9 Å². The van der Waals surface area contributed by atoms with Crippen LogP contribution in [-0.4, -0.2) is 22.5 Å². The molecule has 0 radical (unpaired) electrons. The third kappa shape index (κ3) is 5.07. The Labute approximate surface area is 148 Å². The monoisotopic (exact) mass is 356 g/mol. The van der Waals surface area contributed by atoms with Crippen molar-refractivity contribution in [1.82, 2.24) is 15.3 Å². The normalized spacial score (nSPS) is 10.3. The fraction of sp³-hybridized carbons (Fsp3) is 0.118. The number of thiophene rings is 1. The summed E-state index contributed by atoms with van der Waals surface area (Å²) in [6, 6.07) is 13.2. The van der Waals surface area contributed by atoms with E-state index in [2.05, 4.69) is 26.7 Å². The number of amides is 2. The lowest BCUT2D eigenvalue weighted by Gasteiger charge is -2.08. The molecule has 0 aliphatic rings. The maximum atomic E-state index is 12.0. The van der Waals surface area contributed by atoms with Gasteiger partial charge in [0.15, 0.2) is 0 Å². The van der Waals surface area contributed by atoms with E-state index < -0.39 is 0 Å². The summed E-state index contributed by atoms with van der Waals surface area (Å²) in [5.74, 6) is 0. The number of aromatic nitrogens is 2. The van der Waals surface area contributed by atoms with Gasteiger partial charge in [0.25, 0.3) is 0 Å². The van der Waals surface area contributed by atoms with Gasteiger partial charge in [-0.2, -0.15) is 0 Å². The highest BCUT2D eigenvalue weighted by Gasteiger charge is 2.05. The van der Waals surface area contributed by atoms with Crippen molar-refractivity contribution in [1.29, 1.82) is 0 Å². The van der Waals surface area contributed by atoms with Gasteiger partial charge in [-0.25, -0.2) is 14.8 Å². The molecule has 3 aromatic rings. The molecule has 2 N–H and O–H groups in total. The minimum absolute atomic E-state index is 0.216. The van der Waals surface area contributed by atoms with E-state index in [1.165, 1.54) is 16.6 Å². The minimum Gasteiger partial charge on any atom is -0.338 e. The molecular formula is C17H16N4OS2. The first-order chi connectivity index (χ1) is 11.8. The molecular weight excluding hydrogens is 340 g/mol. The molecule has 0 atom stereocenters. The summed E-state index contributed by atoms with van der Waals surface area (Å²) in [5, 5.41) is 9.36. The van der Waals surface area contributed by atoms with Gasteiger partial charge in [0.05, 0.1) is 0 Å². The van der Waals surface area contributed by atoms with Crippen molar-refractivity contribution in [3.63, 3.8) is 0 Å². The molecule has 0 aliphatic carbocycles. The Morgan fingerprint density at radius 3 is 2.79 bits per heavy atom. The van der Waals surface area contributed by atoms with Crippen LogP contribution in [0.3, 0.4) is 0 Å². The van der Waals surface area contributed by atoms with Crippen LogP contribution in [0.4, 0.5) is 10.5 Å². The zero-order valence-corrected chi connectivity index (χ0v) is 14.4. The van der Waals surface area contributed by atoms with E-state index in [0.717, 1.165) is 16.5 Å². The Morgan fingerprint density at radius 2 is 2.00 bits per heavy atom. The Hall–Kier alpha value is -2.38. The average molecular weight is 356 g/mol. The summed E-state index contributed by atoms with van der Waals surface area (Å²) in [5.41, 5.74) is 0.706. The molecule has 0 bridgehead atoms. The lowest BCUT2D eigenvalue weighted by molar-refractivity contribution is 0.252. The number of anilines is 1. The smallest absolute Gasteiger partial charge is 0.319 e. The second-order valence-corrected chi connectivity index (χ2v) is 6.94. The first-order valence-electron chi connectivity index (χ1n) is 7.42. The maximum Gasteiger partial charge on any atom is 0.319 e. The molecule has 3 rings (SSSR count). The lowest BCUT2D eigenvalue weighted by atomic mass is 10.3. The van der Waals surface area contributed by atoms with E-state index in [1.54, 1.807) is 29.8 Å². The van der Waals surface area contributed by atoms with Crippen molar-refractivity contribution in [3.05, 3.63) is 65.1 Å². The fourth-order valence-electron chi connectivity index (χ4n) is 1.99. The van der Waals surface area contributed by atoms with E-state index in [-0.39, 0.29) is 6.03 Å². The number of urea groups is 1. The van der Waals surface area contributed by atoms with Gasteiger partial charge in [0, 0.05) is 29.5 Å². The fourth-order valence-corrected chi connectivity index (χ4v) is 3.47. The van der Waals surface area contributed by atoms with Gasteiger partial charge in [-0.1, -0.05) is 23.9 Å². The first-order valence-corrected chi connectivity index (χ1v) is 9.11. The predicted octanol–water partition coefficient (Wildman–Crippen LogP) is 4.05. The van der Waals surface area contributed by atoms with Gasteiger partial charge in [0.1, 0.15) is 10.1 Å². The first kappa shape index (κ1) is 16.5. The Balaban J connectivity index is 1.51. The molecule has 0 spiro atoms. The van der Waals surface area contributed by atoms with Crippen molar-refractivity contribution in [2.75, 3.05) is 11.9 Å². The minimum atomic E-state index is -0.216. The van der Waals surface area contributed by atoms with Gasteiger partial charge >= 0.3 is 6.03 Å². The summed E-state index contributed by atoms with van der Waals surface area (Å²) >= 11 is 3.15. The van der Waals surface area contributed by atoms with E-state index in [9.17, 15) is 4.79 Å². The number of carbonyl (C=O) groups is 1. The maximum absolute atomic E-state index is 12.0. The Kier molecular flexibility index (Phi) is 5.81.